The second-order valence-electron chi connectivity index (χ2n) is 4.23. The molecule has 0 spiro atoms. The molecule has 6 heteroatoms. The van der Waals surface area contributed by atoms with Crippen LogP contribution in [0.3, 0.4) is 0 Å². The molecule has 98 valence electrons. The van der Waals surface area contributed by atoms with E-state index in [-0.39, 0.29) is 36.3 Å². The van der Waals surface area contributed by atoms with Crippen molar-refractivity contribution in [2.24, 2.45) is 0 Å². The van der Waals surface area contributed by atoms with Gasteiger partial charge in [-0.15, -0.1) is 0 Å². The third-order valence-corrected chi connectivity index (χ3v) is 4.10. The van der Waals surface area contributed by atoms with E-state index in [1.165, 1.54) is 11.8 Å². The lowest BCUT2D eigenvalue weighted by molar-refractivity contribution is -0.133. The van der Waals surface area contributed by atoms with Crippen molar-refractivity contribution in [1.29, 1.82) is 0 Å². The number of carbonyl (C=O) groups excluding carboxylic acids is 2. The minimum atomic E-state index is -0.153. The molecule has 0 aromatic heterocycles. The standard InChI is InChI=1S/C11H20N2O3S/c1-8(9(7-14)17-2)12-10(15)6-13-5-3-4-11(13)16/h8-9,14H,3-7H2,1-2H3,(H,12,15). The van der Waals surface area contributed by atoms with E-state index in [1.807, 2.05) is 13.2 Å². The van der Waals surface area contributed by atoms with Crippen molar-refractivity contribution >= 4 is 23.6 Å². The van der Waals surface area contributed by atoms with Gasteiger partial charge >= 0.3 is 0 Å². The van der Waals surface area contributed by atoms with E-state index in [2.05, 4.69) is 5.32 Å². The Labute approximate surface area is 106 Å². The number of likely N-dealkylation sites (tertiary alicyclic amines) is 1. The molecule has 1 heterocycles. The molecular formula is C11H20N2O3S. The van der Waals surface area contributed by atoms with Crippen LogP contribution in [0.5, 0.6) is 0 Å². The molecule has 0 bridgehead atoms. The fraction of sp³-hybridized carbons (Fsp3) is 0.818. The maximum atomic E-state index is 11.7. The van der Waals surface area contributed by atoms with Gasteiger partial charge in [-0.25, -0.2) is 0 Å². The molecule has 0 aliphatic carbocycles. The Hall–Kier alpha value is -0.750. The van der Waals surface area contributed by atoms with Gasteiger partial charge in [0.05, 0.1) is 13.2 Å². The highest BCUT2D eigenvalue weighted by molar-refractivity contribution is 7.99. The van der Waals surface area contributed by atoms with Crippen molar-refractivity contribution in [3.05, 3.63) is 0 Å². The molecule has 1 aliphatic heterocycles. The predicted molar refractivity (Wildman–Crippen MR) is 67.8 cm³/mol. The highest BCUT2D eigenvalue weighted by Gasteiger charge is 2.24. The van der Waals surface area contributed by atoms with Crippen LogP contribution in [0.2, 0.25) is 0 Å². The van der Waals surface area contributed by atoms with Crippen LogP contribution in [0.1, 0.15) is 19.8 Å². The van der Waals surface area contributed by atoms with Gasteiger partial charge in [-0.1, -0.05) is 0 Å². The van der Waals surface area contributed by atoms with E-state index >= 15 is 0 Å². The second kappa shape index (κ2) is 6.86. The molecule has 1 fully saturated rings. The smallest absolute Gasteiger partial charge is 0.239 e. The summed E-state index contributed by atoms with van der Waals surface area (Å²) in [5.74, 6) is -0.100. The second-order valence-corrected chi connectivity index (χ2v) is 5.31. The van der Waals surface area contributed by atoms with Crippen molar-refractivity contribution in [1.82, 2.24) is 10.2 Å². The first-order valence-corrected chi connectivity index (χ1v) is 7.08. The minimum Gasteiger partial charge on any atom is -0.395 e. The van der Waals surface area contributed by atoms with Crippen molar-refractivity contribution in [3.8, 4) is 0 Å². The monoisotopic (exact) mass is 260 g/mol. The Morgan fingerprint density at radius 3 is 2.82 bits per heavy atom. The van der Waals surface area contributed by atoms with Crippen molar-refractivity contribution in [2.75, 3.05) is 26.0 Å². The molecule has 2 amide bonds. The Balaban J connectivity index is 2.35. The van der Waals surface area contributed by atoms with E-state index in [9.17, 15) is 9.59 Å². The molecule has 0 aromatic carbocycles. The Bertz CT molecular complexity index is 282. The van der Waals surface area contributed by atoms with E-state index in [0.717, 1.165) is 6.42 Å². The predicted octanol–water partition coefficient (Wildman–Crippen LogP) is -0.163. The summed E-state index contributed by atoms with van der Waals surface area (Å²) >= 11 is 1.52. The van der Waals surface area contributed by atoms with Crippen LogP contribution in [0.25, 0.3) is 0 Å². The first-order valence-electron chi connectivity index (χ1n) is 5.79. The number of amides is 2. The molecule has 17 heavy (non-hydrogen) atoms. The van der Waals surface area contributed by atoms with Gasteiger partial charge in [-0.3, -0.25) is 9.59 Å². The number of hydrogen-bond donors (Lipinski definition) is 2. The third-order valence-electron chi connectivity index (χ3n) is 2.93. The molecular weight excluding hydrogens is 240 g/mol. The summed E-state index contributed by atoms with van der Waals surface area (Å²) < 4.78 is 0. The van der Waals surface area contributed by atoms with Crippen LogP contribution >= 0.6 is 11.8 Å². The Morgan fingerprint density at radius 2 is 2.35 bits per heavy atom. The summed E-state index contributed by atoms with van der Waals surface area (Å²) in [5, 5.41) is 11.9. The number of aliphatic hydroxyl groups excluding tert-OH is 1. The minimum absolute atomic E-state index is 0.00627. The molecule has 5 nitrogen and oxygen atoms in total. The summed E-state index contributed by atoms with van der Waals surface area (Å²) in [4.78, 5) is 24.6. The summed E-state index contributed by atoms with van der Waals surface area (Å²) in [6.45, 7) is 2.70. The molecule has 2 unspecified atom stereocenters. The van der Waals surface area contributed by atoms with Crippen LogP contribution in [0.15, 0.2) is 0 Å². The Morgan fingerprint density at radius 1 is 1.65 bits per heavy atom. The maximum absolute atomic E-state index is 11.7. The third kappa shape index (κ3) is 4.20. The number of carbonyl (C=O) groups is 2. The lowest BCUT2D eigenvalue weighted by atomic mass is 10.2. The van der Waals surface area contributed by atoms with Gasteiger partial charge in [0.15, 0.2) is 0 Å². The van der Waals surface area contributed by atoms with Gasteiger partial charge < -0.3 is 15.3 Å². The van der Waals surface area contributed by atoms with Crippen molar-refractivity contribution in [3.63, 3.8) is 0 Å². The summed E-state index contributed by atoms with van der Waals surface area (Å²) in [6, 6.07) is -0.0970. The van der Waals surface area contributed by atoms with E-state index in [1.54, 1.807) is 4.90 Å². The topological polar surface area (TPSA) is 69.6 Å². The van der Waals surface area contributed by atoms with E-state index in [4.69, 9.17) is 5.11 Å². The van der Waals surface area contributed by atoms with Crippen molar-refractivity contribution in [2.45, 2.75) is 31.1 Å². The normalized spacial score (nSPS) is 19.2. The lowest BCUT2D eigenvalue weighted by Crippen LogP contribution is -2.46. The number of nitrogens with zero attached hydrogens (tertiary/aromatic N) is 1. The molecule has 0 aromatic rings. The molecule has 2 N–H and O–H groups in total. The number of nitrogens with one attached hydrogen (secondary N) is 1. The average molecular weight is 260 g/mol. The van der Waals surface area contributed by atoms with Crippen LogP contribution in [-0.2, 0) is 9.59 Å². The summed E-state index contributed by atoms with van der Waals surface area (Å²) in [6.07, 6.45) is 3.28. The zero-order chi connectivity index (χ0) is 12.8. The summed E-state index contributed by atoms with van der Waals surface area (Å²) in [7, 11) is 0. The zero-order valence-electron chi connectivity index (χ0n) is 10.3. The van der Waals surface area contributed by atoms with Crippen LogP contribution in [0.4, 0.5) is 0 Å². The molecule has 1 rings (SSSR count). The first kappa shape index (κ1) is 14.3. The van der Waals surface area contributed by atoms with Gasteiger partial charge in [-0.05, 0) is 19.6 Å². The van der Waals surface area contributed by atoms with Crippen LogP contribution in [0, 0.1) is 0 Å². The fourth-order valence-electron chi connectivity index (χ4n) is 1.87. The highest BCUT2D eigenvalue weighted by atomic mass is 32.2. The Kier molecular flexibility index (Phi) is 5.77. The average Bonchev–Trinajstić information content (AvgIpc) is 2.66. The van der Waals surface area contributed by atoms with Crippen molar-refractivity contribution < 1.29 is 14.7 Å². The highest BCUT2D eigenvalue weighted by Crippen LogP contribution is 2.11. The molecule has 1 saturated heterocycles. The van der Waals surface area contributed by atoms with Gasteiger partial charge in [0, 0.05) is 24.3 Å². The largest absolute Gasteiger partial charge is 0.395 e. The van der Waals surface area contributed by atoms with E-state index < -0.39 is 0 Å². The quantitative estimate of drug-likeness (QED) is 0.696. The van der Waals surface area contributed by atoms with Crippen LogP contribution < -0.4 is 5.32 Å². The van der Waals surface area contributed by atoms with Gasteiger partial charge in [0.2, 0.25) is 11.8 Å². The van der Waals surface area contributed by atoms with E-state index in [0.29, 0.717) is 13.0 Å². The fourth-order valence-corrected chi connectivity index (χ4v) is 2.50. The first-order chi connectivity index (χ1) is 8.08. The SMILES string of the molecule is CSC(CO)C(C)NC(=O)CN1CCCC1=O. The summed E-state index contributed by atoms with van der Waals surface area (Å²) in [5.41, 5.74) is 0. The number of rotatable bonds is 6. The number of thioether (sulfide) groups is 1. The van der Waals surface area contributed by atoms with Crippen LogP contribution in [-0.4, -0.2) is 59.1 Å². The zero-order valence-corrected chi connectivity index (χ0v) is 11.1. The molecule has 0 radical (unpaired) electrons. The maximum Gasteiger partial charge on any atom is 0.239 e. The number of hydrogen-bond acceptors (Lipinski definition) is 4. The van der Waals surface area contributed by atoms with Gasteiger partial charge in [-0.2, -0.15) is 11.8 Å². The number of aliphatic hydroxyl groups is 1. The van der Waals surface area contributed by atoms with Gasteiger partial charge in [0.25, 0.3) is 0 Å². The molecule has 1 aliphatic rings. The molecule has 2 atom stereocenters. The molecule has 0 saturated carbocycles. The van der Waals surface area contributed by atoms with Gasteiger partial charge in [0.1, 0.15) is 0 Å². The lowest BCUT2D eigenvalue weighted by Gasteiger charge is -2.23.